The van der Waals surface area contributed by atoms with E-state index in [1.165, 1.54) is 0 Å². The molecule has 15 heavy (non-hydrogen) atoms. The normalized spacial score (nSPS) is 10.5. The summed E-state index contributed by atoms with van der Waals surface area (Å²) in [5, 5.41) is 0.521. The van der Waals surface area contributed by atoms with E-state index < -0.39 is 0 Å². The van der Waals surface area contributed by atoms with Crippen molar-refractivity contribution in [2.24, 2.45) is 5.92 Å². The predicted molar refractivity (Wildman–Crippen MR) is 68.2 cm³/mol. The van der Waals surface area contributed by atoms with Crippen LogP contribution in [-0.4, -0.2) is 21.9 Å². The van der Waals surface area contributed by atoms with Crippen molar-refractivity contribution in [2.45, 2.75) is 20.4 Å². The lowest BCUT2D eigenvalue weighted by atomic mass is 10.2. The van der Waals surface area contributed by atoms with Gasteiger partial charge in [-0.1, -0.05) is 43.7 Å². The molecule has 0 amide bonds. The zero-order valence-corrected chi connectivity index (χ0v) is 10.8. The summed E-state index contributed by atoms with van der Waals surface area (Å²) in [4.78, 5) is 7.06. The minimum absolute atomic E-state index is 0.394. The third-order valence-electron chi connectivity index (χ3n) is 2.08. The monoisotopic (exact) mass is 242 g/mol. The number of hydrogen-bond donors (Lipinski definition) is 0. The van der Waals surface area contributed by atoms with E-state index in [9.17, 15) is 0 Å². The van der Waals surface area contributed by atoms with Gasteiger partial charge in [0.15, 0.2) is 0 Å². The molecule has 1 rings (SSSR count). The summed E-state index contributed by atoms with van der Waals surface area (Å²) in [7, 11) is 2.00. The largest absolute Gasteiger partial charge is 0.365 e. The van der Waals surface area contributed by atoms with Gasteiger partial charge in [0.1, 0.15) is 5.15 Å². The van der Waals surface area contributed by atoms with Gasteiger partial charge in [0.2, 0.25) is 0 Å². The number of pyridine rings is 1. The van der Waals surface area contributed by atoms with E-state index in [1.807, 2.05) is 13.1 Å². The molecule has 0 aliphatic rings. The van der Waals surface area contributed by atoms with Crippen molar-refractivity contribution in [1.29, 1.82) is 0 Å². The van der Waals surface area contributed by atoms with E-state index in [-0.39, 0.29) is 0 Å². The highest BCUT2D eigenvalue weighted by molar-refractivity contribution is 7.80. The number of aromatic nitrogens is 1. The van der Waals surface area contributed by atoms with Gasteiger partial charge in [0.25, 0.3) is 0 Å². The van der Waals surface area contributed by atoms with Gasteiger partial charge in [0.05, 0.1) is 4.99 Å². The molecule has 2 nitrogen and oxygen atoms in total. The van der Waals surface area contributed by atoms with Gasteiger partial charge in [-0.3, -0.25) is 0 Å². The molecule has 0 N–H and O–H groups in total. The second kappa shape index (κ2) is 5.42. The predicted octanol–water partition coefficient (Wildman–Crippen LogP) is 3.15. The first-order valence-corrected chi connectivity index (χ1v) is 5.64. The van der Waals surface area contributed by atoms with Gasteiger partial charge in [-0.25, -0.2) is 4.98 Å². The Kier molecular flexibility index (Phi) is 4.48. The minimum Gasteiger partial charge on any atom is -0.365 e. The van der Waals surface area contributed by atoms with Gasteiger partial charge in [-0.15, -0.1) is 0 Å². The highest BCUT2D eigenvalue weighted by Crippen LogP contribution is 2.10. The molecule has 0 saturated carbocycles. The highest BCUT2D eigenvalue weighted by atomic mass is 35.5. The zero-order valence-electron chi connectivity index (χ0n) is 9.20. The van der Waals surface area contributed by atoms with E-state index in [4.69, 9.17) is 23.8 Å². The van der Waals surface area contributed by atoms with Gasteiger partial charge in [-0.2, -0.15) is 0 Å². The summed E-state index contributed by atoms with van der Waals surface area (Å²) in [6, 6.07) is 3.76. The second-order valence-corrected chi connectivity index (χ2v) is 4.64. The average Bonchev–Trinajstić information content (AvgIpc) is 2.20. The maximum atomic E-state index is 5.71. The van der Waals surface area contributed by atoms with Crippen molar-refractivity contribution in [1.82, 2.24) is 9.88 Å². The summed E-state index contributed by atoms with van der Waals surface area (Å²) in [5.41, 5.74) is 1.12. The summed E-state index contributed by atoms with van der Waals surface area (Å²) < 4.78 is 0. The molecule has 1 aromatic rings. The van der Waals surface area contributed by atoms with E-state index in [1.54, 1.807) is 12.3 Å². The molecular formula is C11H15ClN2S. The molecule has 0 aromatic carbocycles. The van der Waals surface area contributed by atoms with Gasteiger partial charge in [0, 0.05) is 25.7 Å². The fourth-order valence-corrected chi connectivity index (χ4v) is 1.47. The Balaban J connectivity index is 2.62. The summed E-state index contributed by atoms with van der Waals surface area (Å²) in [6.07, 6.45) is 1.78. The molecule has 0 spiro atoms. The number of rotatable bonds is 3. The van der Waals surface area contributed by atoms with Crippen LogP contribution in [0, 0.1) is 5.92 Å². The van der Waals surface area contributed by atoms with Crippen molar-refractivity contribution in [3.8, 4) is 0 Å². The van der Waals surface area contributed by atoms with Crippen LogP contribution in [0.1, 0.15) is 19.4 Å². The van der Waals surface area contributed by atoms with Gasteiger partial charge >= 0.3 is 0 Å². The maximum Gasteiger partial charge on any atom is 0.129 e. The van der Waals surface area contributed by atoms with Crippen molar-refractivity contribution in [3.05, 3.63) is 29.0 Å². The van der Waals surface area contributed by atoms with Crippen LogP contribution in [0.5, 0.6) is 0 Å². The topological polar surface area (TPSA) is 16.1 Å². The van der Waals surface area contributed by atoms with Crippen molar-refractivity contribution in [2.75, 3.05) is 7.05 Å². The molecule has 0 radical (unpaired) electrons. The molecule has 0 atom stereocenters. The second-order valence-electron chi connectivity index (χ2n) is 3.84. The third-order valence-corrected chi connectivity index (χ3v) is 3.09. The molecule has 0 bridgehead atoms. The third kappa shape index (κ3) is 3.76. The van der Waals surface area contributed by atoms with Crippen LogP contribution in [0.15, 0.2) is 18.3 Å². The van der Waals surface area contributed by atoms with Crippen LogP contribution < -0.4 is 0 Å². The molecule has 0 aliphatic heterocycles. The Morgan fingerprint density at radius 2 is 2.20 bits per heavy atom. The molecule has 1 aromatic heterocycles. The molecule has 0 saturated heterocycles. The van der Waals surface area contributed by atoms with Crippen molar-refractivity contribution < 1.29 is 0 Å². The number of thiocarbonyl (C=S) groups is 1. The van der Waals surface area contributed by atoms with E-state index in [2.05, 4.69) is 23.7 Å². The zero-order chi connectivity index (χ0) is 11.4. The molecule has 1 heterocycles. The highest BCUT2D eigenvalue weighted by Gasteiger charge is 2.08. The van der Waals surface area contributed by atoms with Crippen LogP contribution >= 0.6 is 23.8 Å². The Morgan fingerprint density at radius 1 is 1.53 bits per heavy atom. The Labute approximate surface area is 101 Å². The summed E-state index contributed by atoms with van der Waals surface area (Å²) >= 11 is 11.0. The number of halogens is 1. The smallest absolute Gasteiger partial charge is 0.129 e. The lowest BCUT2D eigenvalue weighted by molar-refractivity contribution is 0.483. The Morgan fingerprint density at radius 3 is 2.67 bits per heavy atom. The van der Waals surface area contributed by atoms with Crippen LogP contribution in [0.4, 0.5) is 0 Å². The first-order valence-electron chi connectivity index (χ1n) is 4.86. The van der Waals surface area contributed by atoms with Gasteiger partial charge < -0.3 is 4.90 Å². The average molecular weight is 243 g/mol. The maximum absolute atomic E-state index is 5.71. The molecule has 0 fully saturated rings. The van der Waals surface area contributed by atoms with Crippen molar-refractivity contribution in [3.63, 3.8) is 0 Å². The molecule has 0 aliphatic carbocycles. The SMILES string of the molecule is CC(C)C(=S)N(C)Cc1ccc(Cl)nc1. The lowest BCUT2D eigenvalue weighted by Gasteiger charge is -2.22. The molecule has 0 unspecified atom stereocenters. The molecule has 82 valence electrons. The summed E-state index contributed by atoms with van der Waals surface area (Å²) in [6.45, 7) is 4.97. The van der Waals surface area contributed by atoms with E-state index >= 15 is 0 Å². The Bertz CT molecular complexity index is 335. The fraction of sp³-hybridized carbons (Fsp3) is 0.455. The first kappa shape index (κ1) is 12.4. The van der Waals surface area contributed by atoms with Crippen LogP contribution in [0.25, 0.3) is 0 Å². The fourth-order valence-electron chi connectivity index (χ4n) is 1.29. The lowest BCUT2D eigenvalue weighted by Crippen LogP contribution is -2.28. The van der Waals surface area contributed by atoms with E-state index in [0.717, 1.165) is 17.1 Å². The Hall–Kier alpha value is -0.670. The quantitative estimate of drug-likeness (QED) is 0.599. The standard InChI is InChI=1S/C11H15ClN2S/c1-8(2)11(15)14(3)7-9-4-5-10(12)13-6-9/h4-6,8H,7H2,1-3H3. The van der Waals surface area contributed by atoms with E-state index in [0.29, 0.717) is 11.1 Å². The molecule has 4 heteroatoms. The van der Waals surface area contributed by atoms with Crippen molar-refractivity contribution >= 4 is 28.8 Å². The van der Waals surface area contributed by atoms with Crippen LogP contribution in [0.3, 0.4) is 0 Å². The molecular weight excluding hydrogens is 228 g/mol. The summed E-state index contributed by atoms with van der Waals surface area (Å²) in [5.74, 6) is 0.394. The number of nitrogens with zero attached hydrogens (tertiary/aromatic N) is 2. The number of hydrogen-bond acceptors (Lipinski definition) is 2. The minimum atomic E-state index is 0.394. The van der Waals surface area contributed by atoms with Crippen LogP contribution in [-0.2, 0) is 6.54 Å². The van der Waals surface area contributed by atoms with Crippen LogP contribution in [0.2, 0.25) is 5.15 Å². The first-order chi connectivity index (χ1) is 7.00. The van der Waals surface area contributed by atoms with Gasteiger partial charge in [-0.05, 0) is 11.6 Å².